The summed E-state index contributed by atoms with van der Waals surface area (Å²) >= 11 is 5.45. The Kier molecular flexibility index (Phi) is 4.80. The smallest absolute Gasteiger partial charge is 0.258 e. The van der Waals surface area contributed by atoms with Crippen molar-refractivity contribution in [3.63, 3.8) is 0 Å². The first-order chi connectivity index (χ1) is 11.3. The molecule has 6 heteroatoms. The third-order valence-electron chi connectivity index (χ3n) is 5.22. The average Bonchev–Trinajstić information content (AvgIpc) is 2.44. The van der Waals surface area contributed by atoms with Gasteiger partial charge >= 0.3 is 0 Å². The molecule has 3 rings (SSSR count). The number of aromatic amines is 1. The van der Waals surface area contributed by atoms with Crippen molar-refractivity contribution in [3.8, 4) is 0 Å². The summed E-state index contributed by atoms with van der Waals surface area (Å²) in [5.74, 6) is 0.853. The van der Waals surface area contributed by atoms with Crippen LogP contribution in [-0.2, 0) is 5.41 Å². The van der Waals surface area contributed by atoms with Crippen LogP contribution in [0.5, 0.6) is 0 Å². The molecule has 0 spiro atoms. The number of H-pyrrole nitrogens is 1. The maximum atomic E-state index is 12.9. The summed E-state index contributed by atoms with van der Waals surface area (Å²) in [6, 6.07) is 0.750. The highest BCUT2D eigenvalue weighted by Gasteiger charge is 2.31. The second-order valence-electron chi connectivity index (χ2n) is 8.05. The number of hydrogen-bond acceptors (Lipinski definition) is 4. The van der Waals surface area contributed by atoms with Gasteiger partial charge in [0.25, 0.3) is 5.91 Å². The van der Waals surface area contributed by atoms with Gasteiger partial charge < -0.3 is 9.88 Å². The molecule has 1 aromatic rings. The lowest BCUT2D eigenvalue weighted by molar-refractivity contribution is 0.0453. The number of nitrogens with one attached hydrogen (secondary N) is 1. The maximum absolute atomic E-state index is 12.9. The van der Waals surface area contributed by atoms with Gasteiger partial charge in [-0.05, 0) is 19.8 Å². The van der Waals surface area contributed by atoms with Gasteiger partial charge in [-0.1, -0.05) is 39.4 Å². The molecule has 24 heavy (non-hydrogen) atoms. The van der Waals surface area contributed by atoms with Crippen molar-refractivity contribution in [1.82, 2.24) is 19.8 Å². The molecule has 132 valence electrons. The minimum Gasteiger partial charge on any atom is -0.346 e. The molecule has 0 atom stereocenters. The Bertz CT molecular complexity index is 679. The van der Waals surface area contributed by atoms with Crippen molar-refractivity contribution in [3.05, 3.63) is 21.7 Å². The zero-order valence-corrected chi connectivity index (χ0v) is 16.0. The lowest BCUT2D eigenvalue weighted by atomic mass is 9.91. The second-order valence-corrected chi connectivity index (χ2v) is 8.44. The van der Waals surface area contributed by atoms with Crippen LogP contribution in [0.4, 0.5) is 0 Å². The van der Waals surface area contributed by atoms with Crippen molar-refractivity contribution < 1.29 is 4.79 Å². The number of rotatable bonds is 2. The first-order valence-electron chi connectivity index (χ1n) is 8.92. The van der Waals surface area contributed by atoms with Gasteiger partial charge in [-0.3, -0.25) is 9.69 Å². The van der Waals surface area contributed by atoms with Crippen LogP contribution >= 0.6 is 12.2 Å². The summed E-state index contributed by atoms with van der Waals surface area (Å²) in [6.07, 6.45) is 3.98. The fraction of sp³-hybridized carbons (Fsp3) is 0.722. The van der Waals surface area contributed by atoms with Crippen molar-refractivity contribution in [2.45, 2.75) is 58.4 Å². The third-order valence-corrected chi connectivity index (χ3v) is 5.52. The van der Waals surface area contributed by atoms with Gasteiger partial charge in [0.05, 0.1) is 5.56 Å². The topological polar surface area (TPSA) is 52.2 Å². The van der Waals surface area contributed by atoms with Crippen LogP contribution in [0, 0.1) is 11.6 Å². The van der Waals surface area contributed by atoms with E-state index >= 15 is 0 Å². The third kappa shape index (κ3) is 3.40. The van der Waals surface area contributed by atoms with E-state index in [0.29, 0.717) is 10.2 Å². The zero-order valence-electron chi connectivity index (χ0n) is 15.2. The normalized spacial score (nSPS) is 20.1. The lowest BCUT2D eigenvalue weighted by Crippen LogP contribution is -2.53. The Morgan fingerprint density at radius 1 is 1.21 bits per heavy atom. The van der Waals surface area contributed by atoms with Crippen LogP contribution in [0.3, 0.4) is 0 Å². The fourth-order valence-corrected chi connectivity index (χ4v) is 3.72. The highest BCUT2D eigenvalue weighted by atomic mass is 32.1. The van der Waals surface area contributed by atoms with Crippen LogP contribution in [0.25, 0.3) is 0 Å². The van der Waals surface area contributed by atoms with Crippen LogP contribution in [0.1, 0.15) is 61.9 Å². The number of amides is 1. The molecule has 1 aliphatic heterocycles. The van der Waals surface area contributed by atoms with E-state index < -0.39 is 0 Å². The van der Waals surface area contributed by atoms with Gasteiger partial charge in [-0.2, -0.15) is 0 Å². The Hall–Kier alpha value is -1.27. The van der Waals surface area contributed by atoms with Gasteiger partial charge in [0.15, 0.2) is 0 Å². The Balaban J connectivity index is 1.75. The van der Waals surface area contributed by atoms with E-state index in [9.17, 15) is 4.79 Å². The van der Waals surface area contributed by atoms with Crippen LogP contribution < -0.4 is 0 Å². The highest BCUT2D eigenvalue weighted by Crippen LogP contribution is 2.26. The first kappa shape index (κ1) is 17.5. The summed E-state index contributed by atoms with van der Waals surface area (Å²) in [7, 11) is 0. The van der Waals surface area contributed by atoms with Crippen LogP contribution in [0.15, 0.2) is 0 Å². The molecule has 2 heterocycles. The molecule has 0 radical (unpaired) electrons. The van der Waals surface area contributed by atoms with Gasteiger partial charge in [0.2, 0.25) is 0 Å². The molecule has 0 aromatic carbocycles. The zero-order chi connectivity index (χ0) is 17.5. The molecule has 2 fully saturated rings. The number of aryl methyl sites for hydroxylation is 1. The Morgan fingerprint density at radius 2 is 1.83 bits per heavy atom. The van der Waals surface area contributed by atoms with E-state index in [-0.39, 0.29) is 11.3 Å². The summed E-state index contributed by atoms with van der Waals surface area (Å²) < 4.78 is 0.419. The first-order valence-corrected chi connectivity index (χ1v) is 9.33. The number of carbonyl (C=O) groups is 1. The van der Waals surface area contributed by atoms with E-state index in [0.717, 1.165) is 43.7 Å². The summed E-state index contributed by atoms with van der Waals surface area (Å²) in [5.41, 5.74) is 1.27. The minimum absolute atomic E-state index is 0.0231. The number of piperazine rings is 1. The molecule has 1 saturated carbocycles. The Labute approximate surface area is 149 Å². The predicted molar refractivity (Wildman–Crippen MR) is 98.0 cm³/mol. The van der Waals surface area contributed by atoms with E-state index in [2.05, 4.69) is 35.6 Å². The maximum Gasteiger partial charge on any atom is 0.258 e. The molecular weight excluding hydrogens is 320 g/mol. The second kappa shape index (κ2) is 6.56. The Morgan fingerprint density at radius 3 is 2.29 bits per heavy atom. The fourth-order valence-electron chi connectivity index (χ4n) is 3.39. The van der Waals surface area contributed by atoms with E-state index in [4.69, 9.17) is 12.2 Å². The van der Waals surface area contributed by atoms with Crippen molar-refractivity contribution in [2.24, 2.45) is 0 Å². The quantitative estimate of drug-likeness (QED) is 0.835. The van der Waals surface area contributed by atoms with E-state index in [1.54, 1.807) is 0 Å². The largest absolute Gasteiger partial charge is 0.346 e. The molecular formula is C18H28N4OS. The van der Waals surface area contributed by atoms with E-state index in [1.807, 2.05) is 11.8 Å². The molecule has 0 unspecified atom stereocenters. The van der Waals surface area contributed by atoms with Crippen molar-refractivity contribution in [2.75, 3.05) is 26.2 Å². The molecule has 1 saturated heterocycles. The predicted octanol–water partition coefficient (Wildman–Crippen LogP) is 3.06. The van der Waals surface area contributed by atoms with Gasteiger partial charge in [-0.25, -0.2) is 4.98 Å². The molecule has 5 nitrogen and oxygen atoms in total. The standard InChI is InChI=1S/C18H28N4OS/c1-12-14(15(24)20-17(19-12)18(2,3)4)16(23)22-10-8-21(9-11-22)13-6-5-7-13/h13H,5-11H2,1-4H3,(H,19,20,24). The highest BCUT2D eigenvalue weighted by molar-refractivity contribution is 7.71. The van der Waals surface area contributed by atoms with Crippen LogP contribution in [0.2, 0.25) is 0 Å². The van der Waals surface area contributed by atoms with Gasteiger partial charge in [0, 0.05) is 43.3 Å². The summed E-state index contributed by atoms with van der Waals surface area (Å²) in [4.78, 5) is 25.2. The molecule has 1 aliphatic carbocycles. The average molecular weight is 349 g/mol. The molecule has 2 aliphatic rings. The van der Waals surface area contributed by atoms with Gasteiger partial charge in [0.1, 0.15) is 10.5 Å². The summed E-state index contributed by atoms with van der Waals surface area (Å²) in [5, 5.41) is 0. The van der Waals surface area contributed by atoms with Crippen LogP contribution in [-0.4, -0.2) is 57.9 Å². The molecule has 1 amide bonds. The van der Waals surface area contributed by atoms with E-state index in [1.165, 1.54) is 19.3 Å². The number of hydrogen-bond donors (Lipinski definition) is 1. The molecule has 1 aromatic heterocycles. The number of nitrogens with zero attached hydrogens (tertiary/aromatic N) is 3. The van der Waals surface area contributed by atoms with Crippen molar-refractivity contribution >= 4 is 18.1 Å². The molecule has 0 bridgehead atoms. The number of carbonyl (C=O) groups excluding carboxylic acids is 1. The van der Waals surface area contributed by atoms with Gasteiger partial charge in [-0.15, -0.1) is 0 Å². The summed E-state index contributed by atoms with van der Waals surface area (Å²) in [6.45, 7) is 11.7. The molecule has 1 N–H and O–H groups in total. The lowest BCUT2D eigenvalue weighted by Gasteiger charge is -2.43. The number of aromatic nitrogens is 2. The minimum atomic E-state index is -0.117. The SMILES string of the molecule is Cc1[nH]c(C(C)(C)C)nc(=S)c1C(=O)N1CCN(C2CCC2)CC1. The van der Waals surface area contributed by atoms with Crippen molar-refractivity contribution in [1.29, 1.82) is 0 Å². The monoisotopic (exact) mass is 348 g/mol.